The summed E-state index contributed by atoms with van der Waals surface area (Å²) < 4.78 is 43.2. The number of halogens is 2. The van der Waals surface area contributed by atoms with Crippen LogP contribution in [0.15, 0.2) is 60.8 Å². The fourth-order valence-corrected chi connectivity index (χ4v) is 11.6. The first-order chi connectivity index (χ1) is 31.9. The van der Waals surface area contributed by atoms with Crippen LogP contribution in [-0.2, 0) is 30.5 Å². The van der Waals surface area contributed by atoms with E-state index in [1.165, 1.54) is 20.3 Å². The summed E-state index contributed by atoms with van der Waals surface area (Å²) in [4.78, 5) is 73.3. The molecule has 2 bridgehead atoms. The van der Waals surface area contributed by atoms with Gasteiger partial charge in [0.2, 0.25) is 11.8 Å². The lowest BCUT2D eigenvalue weighted by atomic mass is 9.80. The van der Waals surface area contributed by atoms with Gasteiger partial charge in [0.15, 0.2) is 0 Å². The van der Waals surface area contributed by atoms with Crippen LogP contribution in [0.25, 0.3) is 44.5 Å². The molecular formula is C51H58F2N8O6. The first-order valence-corrected chi connectivity index (χ1v) is 23.5. The van der Waals surface area contributed by atoms with E-state index in [0.29, 0.717) is 64.0 Å². The Balaban J connectivity index is 0.909. The van der Waals surface area contributed by atoms with Crippen LogP contribution in [0.2, 0.25) is 0 Å². The van der Waals surface area contributed by atoms with Gasteiger partial charge in [-0.05, 0) is 122 Å². The molecule has 352 valence electrons. The number of fused-ring (bicyclic) bond motifs is 6. The van der Waals surface area contributed by atoms with E-state index in [1.54, 1.807) is 29.3 Å². The summed E-state index contributed by atoms with van der Waals surface area (Å²) in [6, 6.07) is 14.1. The number of ether oxygens (including phenoxy) is 2. The van der Waals surface area contributed by atoms with Crippen molar-refractivity contribution >= 4 is 35.0 Å². The number of carbonyl (C=O) groups excluding carboxylic acids is 4. The number of alkyl carbamates (subject to hydrolysis) is 2. The minimum atomic E-state index is -3.29. The molecule has 1 spiro atoms. The summed E-state index contributed by atoms with van der Waals surface area (Å²) in [5, 5.41) is 5.47. The number of likely N-dealkylation sites (tertiary alicyclic amines) is 2. The van der Waals surface area contributed by atoms with Gasteiger partial charge in [-0.15, -0.1) is 0 Å². The molecule has 6 atom stereocenters. The number of methoxy groups -OCH3 is 2. The van der Waals surface area contributed by atoms with Crippen molar-refractivity contribution in [3.8, 4) is 33.5 Å². The Morgan fingerprint density at radius 2 is 1.40 bits per heavy atom. The van der Waals surface area contributed by atoms with Gasteiger partial charge in [-0.3, -0.25) is 9.59 Å². The van der Waals surface area contributed by atoms with E-state index in [-0.39, 0.29) is 52.3 Å². The number of hydrogen-bond donors (Lipinski definition) is 4. The third kappa shape index (κ3) is 7.50. The molecule has 2 aliphatic heterocycles. The van der Waals surface area contributed by atoms with Crippen LogP contribution in [0, 0.1) is 23.2 Å². The molecule has 14 nitrogen and oxygen atoms in total. The number of nitrogens with one attached hydrogen (secondary N) is 4. The second-order valence-electron chi connectivity index (χ2n) is 20.5. The van der Waals surface area contributed by atoms with Crippen LogP contribution in [0.4, 0.5) is 18.4 Å². The smallest absolute Gasteiger partial charge is 0.407 e. The fraction of sp³-hybridized carbons (Fsp3) is 0.490. The minimum absolute atomic E-state index is 0.00262. The van der Waals surface area contributed by atoms with Crippen molar-refractivity contribution in [3.63, 3.8) is 0 Å². The number of piperidine rings is 1. The van der Waals surface area contributed by atoms with Gasteiger partial charge in [0.25, 0.3) is 5.92 Å². The van der Waals surface area contributed by atoms with E-state index in [0.717, 1.165) is 49.6 Å². The molecule has 3 aromatic carbocycles. The number of rotatable bonds is 10. The number of nitrogens with zero attached hydrogens (tertiary/aromatic N) is 4. The SMILES string of the molecule is COC(=O)N[C@H](C(=O)N1CC2(CC2)C[C@H]1c1ncc(-c2ccc3c(c2)C(F)(F)c2cc(-c4ccc5nc([C@]6(C)CC7CC[C@@H](C7)N6C(=O)[C@@H](NC(=O)OC)C(C)C)[nH]c5c4)ccc2-3)[nH]1)C(C)C. The third-order valence-corrected chi connectivity index (χ3v) is 15.4. The summed E-state index contributed by atoms with van der Waals surface area (Å²) in [5.74, 6) is -2.38. The number of benzene rings is 3. The normalized spacial score (nSPS) is 23.9. The van der Waals surface area contributed by atoms with Gasteiger partial charge >= 0.3 is 12.2 Å². The number of aromatic amines is 2. The molecule has 0 radical (unpaired) electrons. The summed E-state index contributed by atoms with van der Waals surface area (Å²) >= 11 is 0. The van der Waals surface area contributed by atoms with Crippen molar-refractivity contribution in [2.24, 2.45) is 23.2 Å². The lowest BCUT2D eigenvalue weighted by Gasteiger charge is -2.49. The van der Waals surface area contributed by atoms with Crippen molar-refractivity contribution in [1.29, 1.82) is 0 Å². The van der Waals surface area contributed by atoms with Crippen LogP contribution >= 0.6 is 0 Å². The maximum Gasteiger partial charge on any atom is 0.407 e. The van der Waals surface area contributed by atoms with Crippen molar-refractivity contribution in [3.05, 3.63) is 83.6 Å². The van der Waals surface area contributed by atoms with Gasteiger partial charge in [-0.1, -0.05) is 58.0 Å². The lowest BCUT2D eigenvalue weighted by Crippen LogP contribution is -2.61. The predicted molar refractivity (Wildman–Crippen MR) is 247 cm³/mol. The first kappa shape index (κ1) is 44.5. The molecule has 5 aliphatic rings. The van der Waals surface area contributed by atoms with E-state index < -0.39 is 35.7 Å². The molecular weight excluding hydrogens is 859 g/mol. The fourth-order valence-electron chi connectivity index (χ4n) is 11.6. The van der Waals surface area contributed by atoms with Crippen LogP contribution < -0.4 is 10.6 Å². The zero-order valence-corrected chi connectivity index (χ0v) is 39.0. The Bertz CT molecular complexity index is 2820. The molecule has 2 aromatic heterocycles. The highest BCUT2D eigenvalue weighted by molar-refractivity contribution is 5.89. The molecule has 4 fully saturated rings. The van der Waals surface area contributed by atoms with E-state index in [9.17, 15) is 19.2 Å². The molecule has 1 unspecified atom stereocenters. The van der Waals surface area contributed by atoms with E-state index in [1.807, 2.05) is 69.9 Å². The maximum atomic E-state index is 16.7. The molecule has 5 aromatic rings. The minimum Gasteiger partial charge on any atom is -0.453 e. The Morgan fingerprint density at radius 3 is 2.04 bits per heavy atom. The quantitative estimate of drug-likeness (QED) is 0.107. The summed E-state index contributed by atoms with van der Waals surface area (Å²) in [6.07, 6.45) is 6.52. The highest BCUT2D eigenvalue weighted by Gasteiger charge is 2.56. The maximum absolute atomic E-state index is 16.7. The average molecular weight is 917 g/mol. The topological polar surface area (TPSA) is 175 Å². The molecule has 2 saturated heterocycles. The van der Waals surface area contributed by atoms with Crippen LogP contribution in [0.5, 0.6) is 0 Å². The Morgan fingerprint density at radius 1 is 0.791 bits per heavy atom. The number of imidazole rings is 2. The van der Waals surface area contributed by atoms with Gasteiger partial charge in [-0.25, -0.2) is 19.6 Å². The Kier molecular flexibility index (Phi) is 10.8. The number of carbonyl (C=O) groups is 4. The Labute approximate surface area is 388 Å². The summed E-state index contributed by atoms with van der Waals surface area (Å²) in [5.41, 5.74) is 3.87. The molecule has 2 saturated carbocycles. The molecule has 10 rings (SSSR count). The number of alkyl halides is 2. The highest BCUT2D eigenvalue weighted by atomic mass is 19.3. The zero-order valence-electron chi connectivity index (χ0n) is 39.0. The van der Waals surface area contributed by atoms with Crippen molar-refractivity contribution in [2.45, 2.75) is 115 Å². The van der Waals surface area contributed by atoms with E-state index >= 15 is 8.78 Å². The van der Waals surface area contributed by atoms with Gasteiger partial charge < -0.3 is 39.9 Å². The van der Waals surface area contributed by atoms with Gasteiger partial charge in [-0.2, -0.15) is 8.78 Å². The van der Waals surface area contributed by atoms with Crippen molar-refractivity contribution < 1.29 is 37.4 Å². The second kappa shape index (κ2) is 16.2. The third-order valence-electron chi connectivity index (χ3n) is 15.4. The van der Waals surface area contributed by atoms with Crippen molar-refractivity contribution in [1.82, 2.24) is 40.4 Å². The van der Waals surface area contributed by atoms with E-state index in [2.05, 4.69) is 20.6 Å². The Hall–Kier alpha value is -6.32. The van der Waals surface area contributed by atoms with Crippen LogP contribution in [0.3, 0.4) is 0 Å². The molecule has 4 heterocycles. The van der Waals surface area contributed by atoms with Gasteiger partial charge in [0, 0.05) is 29.3 Å². The van der Waals surface area contributed by atoms with Crippen molar-refractivity contribution in [2.75, 3.05) is 20.8 Å². The molecule has 3 aliphatic carbocycles. The number of aromatic nitrogens is 4. The number of amides is 4. The molecule has 67 heavy (non-hydrogen) atoms. The van der Waals surface area contributed by atoms with E-state index in [4.69, 9.17) is 19.4 Å². The predicted octanol–water partition coefficient (Wildman–Crippen LogP) is 9.17. The van der Waals surface area contributed by atoms with Crippen LogP contribution in [0.1, 0.15) is 108 Å². The summed E-state index contributed by atoms with van der Waals surface area (Å²) in [7, 11) is 2.55. The lowest BCUT2D eigenvalue weighted by molar-refractivity contribution is -0.148. The number of H-pyrrole nitrogens is 2. The molecule has 4 amide bonds. The molecule has 4 N–H and O–H groups in total. The average Bonchev–Trinajstić information content (AvgIpc) is 3.81. The standard InChI is InChI=1S/C51H58F2N8O6/c1-26(2)41(58-47(64)66-6)44(62)60-25-50(16-17-50)23-40(60)43-54-24-39(55-43)31-10-14-34-33-13-9-29(19-35(33)51(52,53)36(34)20-31)30-11-15-37-38(21-30)57-46(56-37)49(5)22-28-8-12-32(18-28)61(49)45(63)42(27(3)4)59-48(65)67-7/h9-11,13-15,19-21,24,26-28,32,40-42H,8,12,16-18,22-23,25H2,1-7H3,(H,54,55)(H,56,57)(H,58,64)(H,59,65)/t28?,32-,40-,41-,42-,49-/m0/s1. The monoisotopic (exact) mass is 916 g/mol. The molecule has 16 heteroatoms. The van der Waals surface area contributed by atoms with Gasteiger partial charge in [0.1, 0.15) is 23.7 Å². The largest absolute Gasteiger partial charge is 0.453 e. The first-order valence-electron chi connectivity index (χ1n) is 23.5. The van der Waals surface area contributed by atoms with Crippen LogP contribution in [-0.4, -0.2) is 92.6 Å². The zero-order chi connectivity index (χ0) is 47.3. The van der Waals surface area contributed by atoms with Gasteiger partial charge in [0.05, 0.1) is 48.7 Å². The summed E-state index contributed by atoms with van der Waals surface area (Å²) in [6.45, 7) is 10.2. The second-order valence-corrected chi connectivity index (χ2v) is 20.5. The highest BCUT2D eigenvalue weighted by Crippen LogP contribution is 2.59. The number of hydrogen-bond acceptors (Lipinski definition) is 8.